The molecule has 0 aliphatic carbocycles. The van der Waals surface area contributed by atoms with Crippen molar-refractivity contribution in [3.8, 4) is 0 Å². The molecule has 0 spiro atoms. The predicted molar refractivity (Wildman–Crippen MR) is 112 cm³/mol. The Bertz CT molecular complexity index is 372. The second-order valence-corrected chi connectivity index (χ2v) is 6.54. The molecule has 0 rings (SSSR count). The van der Waals surface area contributed by atoms with Gasteiger partial charge in [-0.2, -0.15) is 0 Å². The number of aliphatic hydroxyl groups excluding tert-OH is 2. The van der Waals surface area contributed by atoms with Gasteiger partial charge in [0.05, 0.1) is 0 Å². The number of unbranched alkanes of at least 4 members (excludes halogenated alkanes) is 4. The largest absolute Gasteiger partial charge is 2.00 e. The summed E-state index contributed by atoms with van der Waals surface area (Å²) in [7, 11) is 0. The zero-order valence-electron chi connectivity index (χ0n) is 19.7. The number of carbonyl (C=O) groups is 4. The Balaban J connectivity index is -0.000000106. The Hall–Kier alpha value is -0.917. The molecule has 2 N–H and O–H groups in total. The Morgan fingerprint density at radius 1 is 0.581 bits per heavy atom. The van der Waals surface area contributed by atoms with Gasteiger partial charge in [0.2, 0.25) is 0 Å². The summed E-state index contributed by atoms with van der Waals surface area (Å²) in [6.45, 7) is 8.56. The molecule has 0 aliphatic heterocycles. The summed E-state index contributed by atoms with van der Waals surface area (Å²) in [4.78, 5) is 41.2. The first-order valence-electron chi connectivity index (χ1n) is 10.8. The molecule has 0 aliphatic rings. The second-order valence-electron chi connectivity index (χ2n) is 6.54. The third kappa shape index (κ3) is 58.6. The normalized spacial score (nSPS) is 8.71. The van der Waals surface area contributed by atoms with Crippen LogP contribution in [0.4, 0.5) is 0 Å². The van der Waals surface area contributed by atoms with Crippen LogP contribution < -0.4 is 10.2 Å². The molecule has 0 unspecified atom stereocenters. The number of aliphatic hydroxyl groups is 2. The van der Waals surface area contributed by atoms with E-state index < -0.39 is 24.8 Å². The Morgan fingerprint density at radius 2 is 0.839 bits per heavy atom. The number of aliphatic carboxylic acids is 2. The molecule has 9 heteroatoms. The molecule has 0 aromatic carbocycles. The van der Waals surface area contributed by atoms with E-state index in [0.717, 1.165) is 51.4 Å². The summed E-state index contributed by atoms with van der Waals surface area (Å²) in [6, 6.07) is 0. The molecule has 0 amide bonds. The van der Waals surface area contributed by atoms with E-state index in [0.29, 0.717) is 26.1 Å². The molecule has 182 valence electrons. The summed E-state index contributed by atoms with van der Waals surface area (Å²) in [6.07, 6.45) is 7.29. The van der Waals surface area contributed by atoms with Crippen molar-refractivity contribution in [3.05, 3.63) is 0 Å². The summed E-state index contributed by atoms with van der Waals surface area (Å²) >= 11 is 0. The number of hydrogen-bond donors (Lipinski definition) is 2. The zero-order chi connectivity index (χ0) is 24.2. The van der Waals surface area contributed by atoms with Gasteiger partial charge in [0.25, 0.3) is 0 Å². The number of carboxylic acids is 2. The minimum absolute atomic E-state index is 0. The standard InChI is InChI=1S/2C8H14O3.2C3H8O.Zr/c2*1-2-3-4-5-7(9)6-8(10)11;2*1-2-3-4;/h2*2-6H2,1H3,(H,10,11);2*4H,2-3H2,1H3;/q;;;;+2/p-2. The predicted octanol–water partition coefficient (Wildman–Crippen LogP) is 1.33. The molecule has 8 nitrogen and oxygen atoms in total. The van der Waals surface area contributed by atoms with Crippen LogP contribution in [-0.4, -0.2) is 46.9 Å². The van der Waals surface area contributed by atoms with Gasteiger partial charge in [-0.1, -0.05) is 53.4 Å². The van der Waals surface area contributed by atoms with E-state index in [1.807, 2.05) is 27.7 Å². The van der Waals surface area contributed by atoms with Crippen molar-refractivity contribution in [2.45, 2.75) is 105 Å². The minimum Gasteiger partial charge on any atom is -0.550 e. The van der Waals surface area contributed by atoms with Gasteiger partial charge in [-0.25, -0.2) is 0 Å². The topological polar surface area (TPSA) is 155 Å². The Labute approximate surface area is 206 Å². The first kappa shape index (κ1) is 40.4. The van der Waals surface area contributed by atoms with Crippen molar-refractivity contribution in [1.82, 2.24) is 0 Å². The van der Waals surface area contributed by atoms with Gasteiger partial charge >= 0.3 is 26.2 Å². The zero-order valence-corrected chi connectivity index (χ0v) is 22.2. The summed E-state index contributed by atoms with van der Waals surface area (Å²) in [5.74, 6) is -2.99. The molecule has 0 radical (unpaired) electrons. The fraction of sp³-hybridized carbons (Fsp3) is 0.818. The maximum Gasteiger partial charge on any atom is 2.00 e. The maximum absolute atomic E-state index is 10.7. The average Bonchev–Trinajstić information content (AvgIpc) is 2.68. The van der Waals surface area contributed by atoms with Crippen LogP contribution >= 0.6 is 0 Å². The van der Waals surface area contributed by atoms with E-state index in [2.05, 4.69) is 0 Å². The molecule has 0 aromatic heterocycles. The number of ketones is 2. The van der Waals surface area contributed by atoms with Gasteiger partial charge in [-0.15, -0.1) is 0 Å². The minimum atomic E-state index is -1.27. The monoisotopic (exact) mass is 524 g/mol. The second kappa shape index (κ2) is 36.5. The van der Waals surface area contributed by atoms with E-state index in [9.17, 15) is 29.4 Å². The van der Waals surface area contributed by atoms with E-state index in [1.165, 1.54) is 0 Å². The molecule has 0 saturated heterocycles. The van der Waals surface area contributed by atoms with Crippen molar-refractivity contribution in [2.24, 2.45) is 0 Å². The van der Waals surface area contributed by atoms with Crippen LogP contribution in [0.25, 0.3) is 0 Å². The third-order valence-corrected chi connectivity index (χ3v) is 3.25. The van der Waals surface area contributed by atoms with Crippen LogP contribution in [0.15, 0.2) is 0 Å². The molecular formula is C22H42O8Zr. The van der Waals surface area contributed by atoms with Crippen LogP contribution in [-0.2, 0) is 45.4 Å². The van der Waals surface area contributed by atoms with Crippen LogP contribution in [0.1, 0.15) is 105 Å². The van der Waals surface area contributed by atoms with Crippen LogP contribution in [0.5, 0.6) is 0 Å². The molecule has 0 fully saturated rings. The molecule has 31 heavy (non-hydrogen) atoms. The fourth-order valence-corrected chi connectivity index (χ4v) is 1.64. The van der Waals surface area contributed by atoms with Crippen molar-refractivity contribution in [3.63, 3.8) is 0 Å². The number of Topliss-reactive ketones (excluding diaryl/α,β-unsaturated/α-hetero) is 2. The third-order valence-electron chi connectivity index (χ3n) is 3.25. The van der Waals surface area contributed by atoms with Crippen molar-refractivity contribution in [2.75, 3.05) is 13.2 Å². The van der Waals surface area contributed by atoms with Crippen molar-refractivity contribution < 1.29 is 65.8 Å². The van der Waals surface area contributed by atoms with Crippen LogP contribution in [0.3, 0.4) is 0 Å². The number of rotatable bonds is 14. The molecule has 0 aromatic rings. The SMILES string of the molecule is CCCCCC(=O)CC(=O)[O-].CCCCCC(=O)CC(=O)[O-].CCCO.CCCO.[Zr+2]. The molecule has 0 bridgehead atoms. The quantitative estimate of drug-likeness (QED) is 0.254. The first-order chi connectivity index (χ1) is 14.2. The van der Waals surface area contributed by atoms with Gasteiger partial charge in [-0.05, 0) is 25.7 Å². The average molecular weight is 526 g/mol. The van der Waals surface area contributed by atoms with E-state index in [-0.39, 0.29) is 37.8 Å². The maximum atomic E-state index is 10.7. The summed E-state index contributed by atoms with van der Waals surface area (Å²) in [5, 5.41) is 35.6. The Morgan fingerprint density at radius 3 is 1.00 bits per heavy atom. The van der Waals surface area contributed by atoms with Crippen LogP contribution in [0, 0.1) is 0 Å². The van der Waals surface area contributed by atoms with Gasteiger partial charge in [0, 0.05) is 50.8 Å². The van der Waals surface area contributed by atoms with Crippen molar-refractivity contribution in [1.29, 1.82) is 0 Å². The molecule has 0 saturated carbocycles. The molecule has 0 atom stereocenters. The fourth-order valence-electron chi connectivity index (χ4n) is 1.64. The smallest absolute Gasteiger partial charge is 0.550 e. The van der Waals surface area contributed by atoms with Gasteiger partial charge in [0.15, 0.2) is 0 Å². The first-order valence-corrected chi connectivity index (χ1v) is 10.8. The summed E-state index contributed by atoms with van der Waals surface area (Å²) < 4.78 is 0. The van der Waals surface area contributed by atoms with Gasteiger partial charge in [-0.3, -0.25) is 9.59 Å². The van der Waals surface area contributed by atoms with Crippen LogP contribution in [0.2, 0.25) is 0 Å². The molecule has 0 heterocycles. The van der Waals surface area contributed by atoms with Gasteiger partial charge < -0.3 is 30.0 Å². The van der Waals surface area contributed by atoms with Gasteiger partial charge in [0.1, 0.15) is 11.6 Å². The summed E-state index contributed by atoms with van der Waals surface area (Å²) in [5.41, 5.74) is 0. The Kier molecular flexibility index (Phi) is 47.6. The van der Waals surface area contributed by atoms with E-state index in [1.54, 1.807) is 0 Å². The number of carbonyl (C=O) groups excluding carboxylic acids is 4. The van der Waals surface area contributed by atoms with E-state index in [4.69, 9.17) is 10.2 Å². The number of carboxylic acid groups (broad SMARTS) is 2. The van der Waals surface area contributed by atoms with Crippen molar-refractivity contribution >= 4 is 23.5 Å². The number of hydrogen-bond acceptors (Lipinski definition) is 8. The van der Waals surface area contributed by atoms with E-state index >= 15 is 0 Å². The molecular weight excluding hydrogens is 483 g/mol.